The predicted octanol–water partition coefficient (Wildman–Crippen LogP) is -4.46. The molecule has 0 aromatic carbocycles. The zero-order valence-corrected chi connectivity index (χ0v) is 29.3. The van der Waals surface area contributed by atoms with Crippen LogP contribution in [0.2, 0.25) is 0 Å². The zero-order valence-electron chi connectivity index (χ0n) is 27.5. The van der Waals surface area contributed by atoms with E-state index in [4.69, 9.17) is 50.7 Å². The van der Waals surface area contributed by atoms with E-state index in [1.165, 1.54) is 0 Å². The summed E-state index contributed by atoms with van der Waals surface area (Å²) in [5.74, 6) is -9.31. The predicted molar refractivity (Wildman–Crippen MR) is 170 cm³/mol. The van der Waals surface area contributed by atoms with E-state index in [1.54, 1.807) is 0 Å². The molecule has 0 bridgehead atoms. The number of imidazole rings is 2. The Bertz CT molecular complexity index is 2050. The highest BCUT2D eigenvalue weighted by Gasteiger charge is 2.48. The van der Waals surface area contributed by atoms with E-state index in [9.17, 15) is 47.9 Å². The number of nitrogen functional groups attached to an aromatic ring is 2. The number of carboxylic acid groups (broad SMARTS) is 2. The summed E-state index contributed by atoms with van der Waals surface area (Å²) in [6.45, 7) is -1.54. The number of rotatable bonds is 12. The van der Waals surface area contributed by atoms with Gasteiger partial charge in [-0.1, -0.05) is 0 Å². The van der Waals surface area contributed by atoms with Crippen molar-refractivity contribution in [2.24, 2.45) is 0 Å². The number of nitrogens with two attached hydrogens (primary N) is 2. The summed E-state index contributed by atoms with van der Waals surface area (Å²) >= 11 is 0. The van der Waals surface area contributed by atoms with Crippen molar-refractivity contribution in [2.75, 3.05) is 24.7 Å². The van der Waals surface area contributed by atoms with E-state index in [1.807, 2.05) is 0 Å². The standard InChI is InChI=1S/2C12H15FN5O9P/c2*13-12-16-7(14)4-8(17-12)18(2-15-4)9-6(20)5(19)3(27-9)1-26-11(10(21)22)28(23,24)25/h2*2-3,5-6,9,11,19-20H,1H2,(H,21,22)(H2,14,16,17)(H2,23,24,25)/t3-,5-,6-,9-,11+;3-,5-,6-,9-,11-/m11/s1. The third-order valence-corrected chi connectivity index (χ3v) is 9.90. The van der Waals surface area contributed by atoms with Crippen LogP contribution >= 0.6 is 15.2 Å². The van der Waals surface area contributed by atoms with Crippen LogP contribution in [0.4, 0.5) is 20.4 Å². The molecule has 0 unspecified atom stereocenters. The molecule has 28 nitrogen and oxygen atoms in total. The fraction of sp³-hybridized carbons (Fsp3) is 0.500. The van der Waals surface area contributed by atoms with Crippen molar-refractivity contribution in [3.8, 4) is 0 Å². The maximum absolute atomic E-state index is 13.4. The summed E-state index contributed by atoms with van der Waals surface area (Å²) in [6, 6.07) is 0. The first-order chi connectivity index (χ1) is 26.0. The Balaban J connectivity index is 0.000000214. The third-order valence-electron chi connectivity index (χ3n) is 7.94. The first kappa shape index (κ1) is 42.6. The first-order valence-corrected chi connectivity index (χ1v) is 18.5. The normalized spacial score (nSPS) is 26.6. The monoisotopic (exact) mass is 846 g/mol. The van der Waals surface area contributed by atoms with Gasteiger partial charge in [0, 0.05) is 0 Å². The summed E-state index contributed by atoms with van der Waals surface area (Å²) in [6.07, 6.45) is -12.0. The van der Waals surface area contributed by atoms with E-state index in [0.717, 1.165) is 21.8 Å². The molecule has 0 aliphatic carbocycles. The molecule has 2 fully saturated rings. The van der Waals surface area contributed by atoms with Gasteiger partial charge in [-0.2, -0.15) is 28.7 Å². The molecule has 4 aromatic rings. The van der Waals surface area contributed by atoms with Crippen LogP contribution in [0.15, 0.2) is 12.7 Å². The molecule has 2 saturated heterocycles. The number of aliphatic hydroxyl groups excluding tert-OH is 4. The number of hydrogen-bond donors (Lipinski definition) is 12. The third kappa shape index (κ3) is 8.72. The van der Waals surface area contributed by atoms with Crippen molar-refractivity contribution in [2.45, 2.75) is 60.8 Å². The zero-order chi connectivity index (χ0) is 41.6. The number of carboxylic acids is 2. The lowest BCUT2D eigenvalue weighted by Gasteiger charge is -2.19. The Kier molecular flexibility index (Phi) is 12.3. The number of anilines is 2. The average Bonchev–Trinajstić information content (AvgIpc) is 3.82. The van der Waals surface area contributed by atoms with Crippen LogP contribution < -0.4 is 11.5 Å². The highest BCUT2D eigenvalue weighted by Crippen LogP contribution is 2.44. The molecular weight excluding hydrogens is 816 g/mol. The van der Waals surface area contributed by atoms with Gasteiger partial charge in [0.05, 0.1) is 25.9 Å². The molecule has 4 aromatic heterocycles. The van der Waals surface area contributed by atoms with Crippen LogP contribution in [0.25, 0.3) is 22.3 Å². The molecule has 2 aliphatic rings. The molecule has 6 rings (SSSR count). The number of ether oxygens (including phenoxy) is 4. The van der Waals surface area contributed by atoms with E-state index < -0.39 is 113 Å². The van der Waals surface area contributed by atoms with E-state index in [-0.39, 0.29) is 34.0 Å². The van der Waals surface area contributed by atoms with Crippen LogP contribution in [0.1, 0.15) is 12.5 Å². The Morgan fingerprint density at radius 2 is 1.04 bits per heavy atom. The molecule has 0 saturated carbocycles. The SMILES string of the molecule is Nc1nc(F)nc2c1ncn2[C@@H]1O[C@H](CO[C@@H](C(=O)O)P(=O)(O)O)[C@@H](O)[C@H]1O.Nc1nc(F)nc2c1ncn2[C@@H]1O[C@H](CO[C@H](C(=O)O)P(=O)(O)O)[C@@H](O)[C@H]1O. The number of aliphatic hydroxyl groups is 4. The lowest BCUT2D eigenvalue weighted by atomic mass is 10.1. The minimum atomic E-state index is -5.14. The molecule has 56 heavy (non-hydrogen) atoms. The van der Waals surface area contributed by atoms with Gasteiger partial charge in [-0.25, -0.2) is 19.6 Å². The van der Waals surface area contributed by atoms with Crippen molar-refractivity contribution in [1.82, 2.24) is 39.0 Å². The minimum absolute atomic E-state index is 0.0128. The van der Waals surface area contributed by atoms with Crippen molar-refractivity contribution in [3.05, 3.63) is 24.8 Å². The van der Waals surface area contributed by atoms with Crippen LogP contribution in [-0.4, -0.2) is 163 Å². The number of hydrogen-bond acceptors (Lipinski definition) is 20. The van der Waals surface area contributed by atoms with Gasteiger partial charge in [-0.3, -0.25) is 18.3 Å². The molecule has 10 atom stereocenters. The van der Waals surface area contributed by atoms with Crippen LogP contribution in [0.5, 0.6) is 0 Å². The minimum Gasteiger partial charge on any atom is -0.479 e. The molecule has 308 valence electrons. The van der Waals surface area contributed by atoms with Crippen LogP contribution in [0.3, 0.4) is 0 Å². The average molecular weight is 847 g/mol. The second-order valence-corrected chi connectivity index (χ2v) is 15.0. The van der Waals surface area contributed by atoms with Crippen molar-refractivity contribution in [3.63, 3.8) is 0 Å². The number of aromatic nitrogens is 8. The van der Waals surface area contributed by atoms with Gasteiger partial charge in [0.15, 0.2) is 46.4 Å². The number of aliphatic carboxylic acids is 2. The summed E-state index contributed by atoms with van der Waals surface area (Å²) in [7, 11) is -10.3. The van der Waals surface area contributed by atoms with Gasteiger partial charge in [-0.05, 0) is 0 Å². The van der Waals surface area contributed by atoms with Gasteiger partial charge in [0.1, 0.15) is 36.6 Å². The van der Waals surface area contributed by atoms with Crippen molar-refractivity contribution < 1.29 is 96.7 Å². The van der Waals surface area contributed by atoms with E-state index >= 15 is 0 Å². The molecule has 0 radical (unpaired) electrons. The molecular formula is C24H30F2N10O18P2. The Morgan fingerprint density at radius 3 is 1.34 bits per heavy atom. The molecule has 0 amide bonds. The topological polar surface area (TPSA) is 447 Å². The smallest absolute Gasteiger partial charge is 0.365 e. The van der Waals surface area contributed by atoms with Crippen molar-refractivity contribution >= 4 is 61.1 Å². The summed E-state index contributed by atoms with van der Waals surface area (Å²) in [5.41, 5.74) is 10.8. The van der Waals surface area contributed by atoms with Crippen LogP contribution in [0, 0.1) is 12.2 Å². The second-order valence-electron chi connectivity index (χ2n) is 11.7. The van der Waals surface area contributed by atoms with Gasteiger partial charge in [-0.15, -0.1) is 0 Å². The maximum Gasteiger partial charge on any atom is 0.365 e. The fourth-order valence-corrected chi connectivity index (χ4v) is 6.52. The number of nitrogens with zero attached hydrogens (tertiary/aromatic N) is 8. The lowest BCUT2D eigenvalue weighted by Crippen LogP contribution is -2.36. The summed E-state index contributed by atoms with van der Waals surface area (Å²) in [5, 5.41) is 58.3. The first-order valence-electron chi connectivity index (χ1n) is 15.1. The highest BCUT2D eigenvalue weighted by molar-refractivity contribution is 7.53. The van der Waals surface area contributed by atoms with Gasteiger partial charge < -0.3 is 80.6 Å². The number of fused-ring (bicyclic) bond motifs is 2. The Hall–Kier alpha value is -4.52. The highest BCUT2D eigenvalue weighted by atomic mass is 31.2. The summed E-state index contributed by atoms with van der Waals surface area (Å²) < 4.78 is 71.4. The number of carbonyl (C=O) groups is 2. The molecule has 0 spiro atoms. The maximum atomic E-state index is 13.4. The molecule has 2 aliphatic heterocycles. The molecule has 6 heterocycles. The second kappa shape index (κ2) is 16.1. The van der Waals surface area contributed by atoms with E-state index in [0.29, 0.717) is 0 Å². The fourth-order valence-electron chi connectivity index (χ4n) is 5.38. The van der Waals surface area contributed by atoms with Crippen LogP contribution in [-0.2, 0) is 37.7 Å². The van der Waals surface area contributed by atoms with Crippen molar-refractivity contribution in [1.29, 1.82) is 0 Å². The molecule has 32 heteroatoms. The Labute approximate surface area is 307 Å². The Morgan fingerprint density at radius 1 is 0.696 bits per heavy atom. The van der Waals surface area contributed by atoms with E-state index in [2.05, 4.69) is 39.4 Å². The lowest BCUT2D eigenvalue weighted by molar-refractivity contribution is -0.150. The quantitative estimate of drug-likeness (QED) is 0.0472. The van der Waals surface area contributed by atoms with Gasteiger partial charge in [0.25, 0.3) is 11.7 Å². The van der Waals surface area contributed by atoms with Gasteiger partial charge in [0.2, 0.25) is 0 Å². The van der Waals surface area contributed by atoms with Gasteiger partial charge >= 0.3 is 39.3 Å². The largest absolute Gasteiger partial charge is 0.479 e. The molecule has 14 N–H and O–H groups in total. The number of halogens is 2. The summed E-state index contributed by atoms with van der Waals surface area (Å²) in [4.78, 5) is 79.2.